The molecule has 1 aliphatic carbocycles. The number of carbonyl (C=O) groups is 2. The summed E-state index contributed by atoms with van der Waals surface area (Å²) in [6, 6.07) is 7.15. The lowest BCUT2D eigenvalue weighted by molar-refractivity contribution is -0.121. The summed E-state index contributed by atoms with van der Waals surface area (Å²) in [4.78, 5) is 25.9. The van der Waals surface area contributed by atoms with Crippen molar-refractivity contribution in [2.45, 2.75) is 75.5 Å². The molecule has 2 aromatic carbocycles. The van der Waals surface area contributed by atoms with Crippen LogP contribution in [0.25, 0.3) is 5.76 Å². The second-order valence-electron chi connectivity index (χ2n) is 9.78. The van der Waals surface area contributed by atoms with E-state index in [1.807, 2.05) is 13.8 Å². The van der Waals surface area contributed by atoms with Gasteiger partial charge in [-0.2, -0.15) is 9.46 Å². The molecule has 1 heterocycles. The van der Waals surface area contributed by atoms with Gasteiger partial charge in [-0.05, 0) is 54.7 Å². The first-order valence-corrected chi connectivity index (χ1v) is 13.6. The van der Waals surface area contributed by atoms with Crippen LogP contribution in [0.4, 0.5) is 10.1 Å². The van der Waals surface area contributed by atoms with Crippen LogP contribution < -0.4 is 10.8 Å². The van der Waals surface area contributed by atoms with E-state index in [0.29, 0.717) is 40.3 Å². The third-order valence-electron chi connectivity index (χ3n) is 7.21. The van der Waals surface area contributed by atoms with E-state index in [-0.39, 0.29) is 34.8 Å². The van der Waals surface area contributed by atoms with Crippen LogP contribution in [0, 0.1) is 5.82 Å². The van der Waals surface area contributed by atoms with E-state index in [4.69, 9.17) is 5.73 Å². The van der Waals surface area contributed by atoms with Crippen LogP contribution in [0.15, 0.2) is 45.2 Å². The Hall–Kier alpha value is -3.37. The van der Waals surface area contributed by atoms with E-state index in [9.17, 15) is 29.4 Å². The molecular weight excluding hydrogens is 509 g/mol. The quantitative estimate of drug-likeness (QED) is 0.282. The number of amidine groups is 1. The van der Waals surface area contributed by atoms with E-state index in [2.05, 4.69) is 4.40 Å². The third kappa shape index (κ3) is 4.90. The van der Waals surface area contributed by atoms with Crippen LogP contribution in [-0.2, 0) is 21.4 Å². The highest BCUT2D eigenvalue weighted by atomic mass is 32.2. The van der Waals surface area contributed by atoms with Gasteiger partial charge in [0.25, 0.3) is 0 Å². The van der Waals surface area contributed by atoms with Crippen LogP contribution in [0.5, 0.6) is 5.75 Å². The summed E-state index contributed by atoms with van der Waals surface area (Å²) in [6.07, 6.45) is 4.52. The maximum Gasteiger partial charge on any atom is 0.217 e. The molecule has 0 aromatic heterocycles. The molecule has 1 amide bonds. The van der Waals surface area contributed by atoms with Gasteiger partial charge in [0.15, 0.2) is 11.6 Å². The van der Waals surface area contributed by atoms with Gasteiger partial charge in [-0.3, -0.25) is 14.8 Å². The average Bonchev–Trinajstić information content (AvgIpc) is 2.88. The van der Waals surface area contributed by atoms with Crippen LogP contribution in [0.3, 0.4) is 0 Å². The summed E-state index contributed by atoms with van der Waals surface area (Å²) in [7, 11) is 0. The largest absolute Gasteiger partial charge is 0.506 e. The maximum atomic E-state index is 14.4. The number of ketones is 1. The molecule has 0 saturated heterocycles. The number of fused-ring (bicyclic) bond motifs is 2. The fourth-order valence-electron chi connectivity index (χ4n) is 5.25. The highest BCUT2D eigenvalue weighted by Crippen LogP contribution is 2.49. The predicted octanol–water partition coefficient (Wildman–Crippen LogP) is 5.73. The second-order valence-corrected chi connectivity index (χ2v) is 10.6. The third-order valence-corrected chi connectivity index (χ3v) is 7.98. The average molecular weight is 542 g/mol. The van der Waals surface area contributed by atoms with Crippen molar-refractivity contribution in [1.29, 1.82) is 0 Å². The predicted molar refractivity (Wildman–Crippen MR) is 145 cm³/mol. The molecule has 10 heteroatoms. The Morgan fingerprint density at radius 1 is 1.13 bits per heavy atom. The van der Waals surface area contributed by atoms with Crippen molar-refractivity contribution in [1.82, 2.24) is 0 Å². The Morgan fingerprint density at radius 2 is 1.82 bits per heavy atom. The number of aliphatic hydroxyl groups excluding tert-OH is 1. The van der Waals surface area contributed by atoms with Gasteiger partial charge in [0.2, 0.25) is 5.91 Å². The minimum Gasteiger partial charge on any atom is -0.506 e. The summed E-state index contributed by atoms with van der Waals surface area (Å²) in [5.74, 6) is -2.43. The van der Waals surface area contributed by atoms with Gasteiger partial charge in [0.1, 0.15) is 28.6 Å². The zero-order valence-corrected chi connectivity index (χ0v) is 22.3. The maximum absolute atomic E-state index is 14.4. The number of halogens is 1. The van der Waals surface area contributed by atoms with E-state index < -0.39 is 28.7 Å². The number of aromatic hydroxyl groups is 1. The molecule has 0 atom stereocenters. The number of hydroxylamine groups is 1. The number of hydrogen-bond donors (Lipinski definition) is 4. The van der Waals surface area contributed by atoms with E-state index >= 15 is 0 Å². The Kier molecular flexibility index (Phi) is 8.13. The molecule has 0 radical (unpaired) electrons. The van der Waals surface area contributed by atoms with Crippen molar-refractivity contribution >= 4 is 40.9 Å². The number of rotatable bonds is 10. The highest BCUT2D eigenvalue weighted by molar-refractivity contribution is 7.98. The minimum absolute atomic E-state index is 0.00585. The first-order chi connectivity index (χ1) is 18.1. The molecule has 0 spiro atoms. The fraction of sp³-hybridized carbons (Fsp3) is 0.393. The number of benzene rings is 2. The monoisotopic (exact) mass is 541 g/mol. The molecule has 2 aliphatic rings. The Bertz CT molecular complexity index is 1330. The molecule has 1 aliphatic heterocycles. The zero-order valence-electron chi connectivity index (χ0n) is 21.5. The number of Topliss-reactive ketones (excluding diaryl/α,β-unsaturated/α-hetero) is 1. The molecule has 2 aromatic rings. The lowest BCUT2D eigenvalue weighted by Crippen LogP contribution is -2.46. The van der Waals surface area contributed by atoms with Crippen LogP contribution in [-0.4, -0.2) is 32.9 Å². The molecule has 202 valence electrons. The summed E-state index contributed by atoms with van der Waals surface area (Å²) >= 11 is 0.920. The molecule has 0 saturated carbocycles. The Morgan fingerprint density at radius 3 is 2.45 bits per heavy atom. The number of aliphatic hydroxyl groups is 1. The summed E-state index contributed by atoms with van der Waals surface area (Å²) in [5, 5.41) is 33.9. The number of carbonyl (C=O) groups excluding carboxylic acids is 2. The van der Waals surface area contributed by atoms with Crippen molar-refractivity contribution < 1.29 is 29.4 Å². The molecule has 5 N–H and O–H groups in total. The molecule has 0 unspecified atom stereocenters. The van der Waals surface area contributed by atoms with Crippen molar-refractivity contribution in [3.63, 3.8) is 0 Å². The van der Waals surface area contributed by atoms with Crippen molar-refractivity contribution in [2.75, 3.05) is 5.06 Å². The number of nitrogens with two attached hydrogens (primary N) is 1. The van der Waals surface area contributed by atoms with Gasteiger partial charge in [0.05, 0.1) is 10.3 Å². The van der Waals surface area contributed by atoms with Gasteiger partial charge in [-0.15, -0.1) is 0 Å². The van der Waals surface area contributed by atoms with Crippen LogP contribution >= 0.6 is 11.9 Å². The second kappa shape index (κ2) is 11.2. The van der Waals surface area contributed by atoms with Crippen LogP contribution in [0.2, 0.25) is 0 Å². The van der Waals surface area contributed by atoms with Crippen molar-refractivity contribution in [3.05, 3.63) is 58.4 Å². The lowest BCUT2D eigenvalue weighted by atomic mass is 9.63. The molecule has 0 bridgehead atoms. The van der Waals surface area contributed by atoms with Gasteiger partial charge >= 0.3 is 0 Å². The topological polar surface area (TPSA) is 136 Å². The molecule has 38 heavy (non-hydrogen) atoms. The number of nitrogens with zero attached hydrogens (tertiary/aromatic N) is 2. The number of phenols is 1. The standard InChI is InChI=1S/C28H32FN3O5S/c1-3-5-11-28(12-6-4-2)19-9-8-17(29)15-18(19)25(35)23(26(28)36)27-31-38-21-14-16(7-10-22(30)34)13-20(33)24(21)32(27)37/h8-9,13-15,33,35,37H,3-7,10-12H2,1-2H3,(H2,30,34). The number of anilines is 1. The number of aryl methyl sites for hydroxylation is 1. The fourth-order valence-corrected chi connectivity index (χ4v) is 6.09. The first kappa shape index (κ1) is 27.7. The SMILES string of the molecule is CCCCC1(CCCC)C(=O)C(C2=NSc3cc(CCC(N)=O)cc(O)c3N2O)=C(O)c2cc(F)ccc21. The van der Waals surface area contributed by atoms with Gasteiger partial charge in [-0.25, -0.2) is 4.39 Å². The Labute approximate surface area is 225 Å². The van der Waals surface area contributed by atoms with Crippen molar-refractivity contribution in [3.8, 4) is 5.75 Å². The normalized spacial score (nSPS) is 16.3. The van der Waals surface area contributed by atoms with Gasteiger partial charge in [-0.1, -0.05) is 45.6 Å². The highest BCUT2D eigenvalue weighted by Gasteiger charge is 2.49. The number of primary amides is 1. The van der Waals surface area contributed by atoms with E-state index in [1.165, 1.54) is 18.2 Å². The number of amides is 1. The lowest BCUT2D eigenvalue weighted by Gasteiger charge is -2.40. The van der Waals surface area contributed by atoms with E-state index in [0.717, 1.165) is 37.6 Å². The number of unbranched alkanes of at least 4 members (excludes halogenated alkanes) is 2. The molecule has 8 nitrogen and oxygen atoms in total. The smallest absolute Gasteiger partial charge is 0.217 e. The minimum atomic E-state index is -1.02. The first-order valence-electron chi connectivity index (χ1n) is 12.8. The number of phenolic OH excluding ortho intramolecular Hbond substituents is 1. The molecule has 0 fully saturated rings. The molecule has 4 rings (SSSR count). The molecular formula is C28H32FN3O5S. The summed E-state index contributed by atoms with van der Waals surface area (Å²) in [6.45, 7) is 4.05. The number of hydrogen-bond acceptors (Lipinski definition) is 8. The van der Waals surface area contributed by atoms with Gasteiger partial charge < -0.3 is 15.9 Å². The van der Waals surface area contributed by atoms with Crippen molar-refractivity contribution in [2.24, 2.45) is 10.1 Å². The van der Waals surface area contributed by atoms with E-state index in [1.54, 1.807) is 12.1 Å². The van der Waals surface area contributed by atoms with Gasteiger partial charge in [0, 0.05) is 23.9 Å². The zero-order chi connectivity index (χ0) is 27.6. The van der Waals surface area contributed by atoms with Crippen LogP contribution in [0.1, 0.15) is 75.5 Å². The summed E-state index contributed by atoms with van der Waals surface area (Å²) in [5.41, 5.74) is 5.38. The Balaban J connectivity index is 1.84. The summed E-state index contributed by atoms with van der Waals surface area (Å²) < 4.78 is 18.7.